The summed E-state index contributed by atoms with van der Waals surface area (Å²) in [4.78, 5) is 4.40. The minimum atomic E-state index is 0.462. The molecule has 96 valence electrons. The first-order valence-electron chi connectivity index (χ1n) is 5.76. The lowest BCUT2D eigenvalue weighted by Crippen LogP contribution is -2.01. The van der Waals surface area contributed by atoms with E-state index < -0.39 is 0 Å². The Kier molecular flexibility index (Phi) is 2.99. The number of imidazole rings is 1. The maximum Gasteiger partial charge on any atom is 0.205 e. The molecular weight excluding hydrogens is 326 g/mol. The van der Waals surface area contributed by atoms with E-state index in [1.54, 1.807) is 0 Å². The van der Waals surface area contributed by atoms with Crippen molar-refractivity contribution in [1.82, 2.24) is 9.55 Å². The summed E-state index contributed by atoms with van der Waals surface area (Å²) in [6.07, 6.45) is 0. The van der Waals surface area contributed by atoms with Gasteiger partial charge in [-0.25, -0.2) is 4.98 Å². The van der Waals surface area contributed by atoms with Crippen LogP contribution in [0, 0.1) is 6.92 Å². The summed E-state index contributed by atoms with van der Waals surface area (Å²) in [5.41, 5.74) is 9.99. The molecule has 19 heavy (non-hydrogen) atoms. The standard InChI is InChI=1S/C14H11BrClN3/c1-8-2-4-13-11(6-8)18-14(17)19(13)12-5-3-9(16)7-10(12)15/h2-7H,1H3,(H2,17,18). The molecule has 5 heteroatoms. The van der Waals surface area contributed by atoms with E-state index >= 15 is 0 Å². The van der Waals surface area contributed by atoms with Crippen molar-refractivity contribution in [3.8, 4) is 5.69 Å². The third-order valence-corrected chi connectivity index (χ3v) is 3.86. The minimum Gasteiger partial charge on any atom is -0.369 e. The average Bonchev–Trinajstić information content (AvgIpc) is 2.65. The molecule has 0 aliphatic rings. The highest BCUT2D eigenvalue weighted by atomic mass is 79.9. The molecule has 3 aromatic rings. The van der Waals surface area contributed by atoms with Gasteiger partial charge in [-0.05, 0) is 58.7 Å². The fraction of sp³-hybridized carbons (Fsp3) is 0.0714. The minimum absolute atomic E-state index is 0.462. The van der Waals surface area contributed by atoms with Gasteiger partial charge in [0.2, 0.25) is 5.95 Å². The van der Waals surface area contributed by atoms with Crippen LogP contribution >= 0.6 is 27.5 Å². The summed E-state index contributed by atoms with van der Waals surface area (Å²) in [5.74, 6) is 0.462. The van der Waals surface area contributed by atoms with Crippen molar-refractivity contribution >= 4 is 44.5 Å². The van der Waals surface area contributed by atoms with E-state index in [0.717, 1.165) is 26.8 Å². The van der Waals surface area contributed by atoms with Gasteiger partial charge in [0.15, 0.2) is 0 Å². The number of halogens is 2. The third-order valence-electron chi connectivity index (χ3n) is 2.99. The molecule has 0 aliphatic heterocycles. The number of benzene rings is 2. The van der Waals surface area contributed by atoms with Gasteiger partial charge in [-0.3, -0.25) is 4.57 Å². The van der Waals surface area contributed by atoms with Gasteiger partial charge in [-0.15, -0.1) is 0 Å². The lowest BCUT2D eigenvalue weighted by Gasteiger charge is -2.09. The summed E-state index contributed by atoms with van der Waals surface area (Å²) < 4.78 is 2.79. The number of aryl methyl sites for hydroxylation is 1. The van der Waals surface area contributed by atoms with Gasteiger partial charge in [0, 0.05) is 9.50 Å². The molecule has 0 bridgehead atoms. The second kappa shape index (κ2) is 4.54. The molecule has 3 nitrogen and oxygen atoms in total. The Bertz CT molecular complexity index is 780. The SMILES string of the molecule is Cc1ccc2c(c1)nc(N)n2-c1ccc(Cl)cc1Br. The van der Waals surface area contributed by atoms with Crippen LogP contribution < -0.4 is 5.73 Å². The lowest BCUT2D eigenvalue weighted by molar-refractivity contribution is 1.10. The molecule has 0 saturated carbocycles. The van der Waals surface area contributed by atoms with E-state index in [9.17, 15) is 0 Å². The molecule has 0 aliphatic carbocycles. The van der Waals surface area contributed by atoms with E-state index in [1.807, 2.05) is 47.9 Å². The zero-order valence-corrected chi connectivity index (χ0v) is 12.5. The van der Waals surface area contributed by atoms with Crippen molar-refractivity contribution in [3.63, 3.8) is 0 Å². The third kappa shape index (κ3) is 2.11. The lowest BCUT2D eigenvalue weighted by atomic mass is 10.2. The van der Waals surface area contributed by atoms with Crippen molar-refractivity contribution in [2.75, 3.05) is 5.73 Å². The van der Waals surface area contributed by atoms with Crippen LogP contribution in [0.25, 0.3) is 16.7 Å². The second-order valence-electron chi connectivity index (χ2n) is 4.39. The number of hydrogen-bond donors (Lipinski definition) is 1. The molecule has 2 aromatic carbocycles. The first kappa shape index (κ1) is 12.5. The number of anilines is 1. The number of rotatable bonds is 1. The molecule has 0 fully saturated rings. The monoisotopic (exact) mass is 335 g/mol. The Labute approximate surface area is 124 Å². The van der Waals surface area contributed by atoms with E-state index in [4.69, 9.17) is 17.3 Å². The summed E-state index contributed by atoms with van der Waals surface area (Å²) in [7, 11) is 0. The summed E-state index contributed by atoms with van der Waals surface area (Å²) in [5, 5.41) is 0.675. The van der Waals surface area contributed by atoms with Gasteiger partial charge in [0.1, 0.15) is 0 Å². The molecule has 3 rings (SSSR count). The van der Waals surface area contributed by atoms with E-state index in [-0.39, 0.29) is 0 Å². The van der Waals surface area contributed by atoms with Crippen LogP contribution in [0.1, 0.15) is 5.56 Å². The van der Waals surface area contributed by atoms with Gasteiger partial charge in [0.05, 0.1) is 16.7 Å². The van der Waals surface area contributed by atoms with Crippen LogP contribution in [-0.2, 0) is 0 Å². The van der Waals surface area contributed by atoms with Crippen LogP contribution in [-0.4, -0.2) is 9.55 Å². The average molecular weight is 337 g/mol. The van der Waals surface area contributed by atoms with Crippen LogP contribution in [0.5, 0.6) is 0 Å². The van der Waals surface area contributed by atoms with Gasteiger partial charge < -0.3 is 5.73 Å². The van der Waals surface area contributed by atoms with Crippen molar-refractivity contribution in [1.29, 1.82) is 0 Å². The van der Waals surface area contributed by atoms with Crippen molar-refractivity contribution in [2.45, 2.75) is 6.92 Å². The zero-order chi connectivity index (χ0) is 13.6. The van der Waals surface area contributed by atoms with Crippen molar-refractivity contribution in [3.05, 3.63) is 51.5 Å². The number of nitrogen functional groups attached to an aromatic ring is 1. The Hall–Kier alpha value is -1.52. The largest absolute Gasteiger partial charge is 0.369 e. The molecule has 0 unspecified atom stereocenters. The highest BCUT2D eigenvalue weighted by Gasteiger charge is 2.12. The van der Waals surface area contributed by atoms with Crippen LogP contribution in [0.2, 0.25) is 5.02 Å². The van der Waals surface area contributed by atoms with Gasteiger partial charge in [-0.1, -0.05) is 17.7 Å². The molecule has 1 heterocycles. The quantitative estimate of drug-likeness (QED) is 0.718. The van der Waals surface area contributed by atoms with E-state index in [2.05, 4.69) is 20.9 Å². The summed E-state index contributed by atoms with van der Waals surface area (Å²) in [6, 6.07) is 11.7. The first-order valence-corrected chi connectivity index (χ1v) is 6.93. The molecule has 0 radical (unpaired) electrons. The normalized spacial score (nSPS) is 11.1. The predicted octanol–water partition coefficient (Wildman–Crippen LogP) is 4.33. The van der Waals surface area contributed by atoms with E-state index in [1.165, 1.54) is 0 Å². The predicted molar refractivity (Wildman–Crippen MR) is 82.9 cm³/mol. The number of nitrogens with zero attached hydrogens (tertiary/aromatic N) is 2. The number of nitrogens with two attached hydrogens (primary N) is 1. The van der Waals surface area contributed by atoms with Gasteiger partial charge in [0.25, 0.3) is 0 Å². The highest BCUT2D eigenvalue weighted by molar-refractivity contribution is 9.10. The Morgan fingerprint density at radius 3 is 2.74 bits per heavy atom. The smallest absolute Gasteiger partial charge is 0.205 e. The van der Waals surface area contributed by atoms with Gasteiger partial charge >= 0.3 is 0 Å². The maximum atomic E-state index is 6.04. The fourth-order valence-electron chi connectivity index (χ4n) is 2.12. The zero-order valence-electron chi connectivity index (χ0n) is 10.2. The summed E-state index contributed by atoms with van der Waals surface area (Å²) in [6.45, 7) is 2.03. The Balaban J connectivity index is 2.33. The molecule has 0 spiro atoms. The molecule has 2 N–H and O–H groups in total. The summed E-state index contributed by atoms with van der Waals surface area (Å²) >= 11 is 9.49. The second-order valence-corrected chi connectivity index (χ2v) is 5.68. The number of hydrogen-bond acceptors (Lipinski definition) is 2. The Morgan fingerprint density at radius 2 is 2.00 bits per heavy atom. The molecule has 0 atom stereocenters. The topological polar surface area (TPSA) is 43.8 Å². The number of fused-ring (bicyclic) bond motifs is 1. The van der Waals surface area contributed by atoms with E-state index in [0.29, 0.717) is 11.0 Å². The molecule has 1 aromatic heterocycles. The van der Waals surface area contributed by atoms with Crippen molar-refractivity contribution < 1.29 is 0 Å². The van der Waals surface area contributed by atoms with Crippen LogP contribution in [0.4, 0.5) is 5.95 Å². The number of aromatic nitrogens is 2. The molecular formula is C14H11BrClN3. The Morgan fingerprint density at radius 1 is 1.21 bits per heavy atom. The molecule has 0 amide bonds. The fourth-order valence-corrected chi connectivity index (χ4v) is 2.98. The van der Waals surface area contributed by atoms with Gasteiger partial charge in [-0.2, -0.15) is 0 Å². The van der Waals surface area contributed by atoms with Crippen molar-refractivity contribution in [2.24, 2.45) is 0 Å². The van der Waals surface area contributed by atoms with Crippen LogP contribution in [0.15, 0.2) is 40.9 Å². The maximum absolute atomic E-state index is 6.04. The van der Waals surface area contributed by atoms with Crippen LogP contribution in [0.3, 0.4) is 0 Å². The highest BCUT2D eigenvalue weighted by Crippen LogP contribution is 2.30. The molecule has 0 saturated heterocycles. The first-order chi connectivity index (χ1) is 9.06.